The molecule has 0 spiro atoms. The van der Waals surface area contributed by atoms with Crippen molar-refractivity contribution < 1.29 is 4.79 Å². The molecule has 96 valence electrons. The van der Waals surface area contributed by atoms with Crippen molar-refractivity contribution in [1.82, 2.24) is 4.68 Å². The van der Waals surface area contributed by atoms with Gasteiger partial charge in [0.05, 0.1) is 5.56 Å². The number of nitrogens with zero attached hydrogens (tertiary/aromatic N) is 2. The summed E-state index contributed by atoms with van der Waals surface area (Å²) in [4.78, 5) is 12.0. The van der Waals surface area contributed by atoms with E-state index in [0.29, 0.717) is 11.1 Å². The second kappa shape index (κ2) is 4.86. The molecule has 0 atom stereocenters. The molecule has 2 aromatic rings. The number of nitrogens with two attached hydrogens (primary N) is 1. The summed E-state index contributed by atoms with van der Waals surface area (Å²) in [7, 11) is 0. The Bertz CT molecular complexity index is 662. The third-order valence-electron chi connectivity index (χ3n) is 2.88. The van der Waals surface area contributed by atoms with Gasteiger partial charge in [-0.25, -0.2) is 4.68 Å². The lowest BCUT2D eigenvalue weighted by Gasteiger charge is -2.08. The predicted molar refractivity (Wildman–Crippen MR) is 73.2 cm³/mol. The lowest BCUT2D eigenvalue weighted by Crippen LogP contribution is -2.23. The molecule has 0 unspecified atom stereocenters. The molecule has 0 aliphatic rings. The van der Waals surface area contributed by atoms with Gasteiger partial charge in [-0.1, -0.05) is 17.7 Å². The summed E-state index contributed by atoms with van der Waals surface area (Å²) in [6, 6.07) is 9.21. The monoisotopic (exact) mass is 254 g/mol. The van der Waals surface area contributed by atoms with Gasteiger partial charge in [0.1, 0.15) is 11.9 Å². The van der Waals surface area contributed by atoms with Crippen molar-refractivity contribution in [3.63, 3.8) is 0 Å². The van der Waals surface area contributed by atoms with Crippen LogP contribution in [0.1, 0.15) is 27.0 Å². The Morgan fingerprint density at radius 2 is 1.95 bits per heavy atom. The number of nitriles is 1. The van der Waals surface area contributed by atoms with Crippen LogP contribution in [0.25, 0.3) is 0 Å². The molecule has 0 aliphatic carbocycles. The number of nitrogens with one attached hydrogen (secondary N) is 1. The van der Waals surface area contributed by atoms with Crippen LogP contribution in [0.15, 0.2) is 30.5 Å². The fraction of sp³-hybridized carbons (Fsp3) is 0.143. The molecule has 0 fully saturated rings. The zero-order valence-electron chi connectivity index (χ0n) is 10.8. The fourth-order valence-corrected chi connectivity index (χ4v) is 1.77. The second-order valence-corrected chi connectivity index (χ2v) is 4.36. The van der Waals surface area contributed by atoms with Crippen LogP contribution in [0.3, 0.4) is 0 Å². The lowest BCUT2D eigenvalue weighted by atomic mass is 10.1. The molecule has 1 heterocycles. The van der Waals surface area contributed by atoms with E-state index in [4.69, 9.17) is 11.0 Å². The molecule has 1 aromatic heterocycles. The fourth-order valence-electron chi connectivity index (χ4n) is 1.77. The van der Waals surface area contributed by atoms with E-state index in [9.17, 15) is 4.79 Å². The average molecular weight is 254 g/mol. The third-order valence-corrected chi connectivity index (χ3v) is 2.88. The van der Waals surface area contributed by atoms with Gasteiger partial charge in [-0.3, -0.25) is 10.2 Å². The largest absolute Gasteiger partial charge is 0.383 e. The number of aromatic nitrogens is 1. The molecule has 0 bridgehead atoms. The number of nitrogen functional groups attached to an aromatic ring is 1. The average Bonchev–Trinajstić information content (AvgIpc) is 2.64. The van der Waals surface area contributed by atoms with E-state index in [1.165, 1.54) is 4.68 Å². The van der Waals surface area contributed by atoms with Gasteiger partial charge in [0.15, 0.2) is 0 Å². The normalized spacial score (nSPS) is 9.95. The Morgan fingerprint density at radius 3 is 2.47 bits per heavy atom. The Morgan fingerprint density at radius 1 is 1.32 bits per heavy atom. The standard InChI is InChI=1S/C14H14N4O/c1-9-3-5-11(6-4-9)14(19)17-18-8-10(2)12(7-15)13(18)16/h3-6,8H,16H2,1-2H3,(H,17,19). The van der Waals surface area contributed by atoms with E-state index >= 15 is 0 Å². The SMILES string of the molecule is Cc1ccc(C(=O)Nn2cc(C)c(C#N)c2N)cc1. The van der Waals surface area contributed by atoms with Crippen LogP contribution in [0, 0.1) is 25.2 Å². The van der Waals surface area contributed by atoms with Crippen LogP contribution >= 0.6 is 0 Å². The number of aryl methyl sites for hydroxylation is 2. The molecule has 3 N–H and O–H groups in total. The summed E-state index contributed by atoms with van der Waals surface area (Å²) < 4.78 is 1.37. The number of rotatable bonds is 2. The minimum absolute atomic E-state index is 0.237. The molecule has 1 amide bonds. The summed E-state index contributed by atoms with van der Waals surface area (Å²) in [6.45, 7) is 3.72. The van der Waals surface area contributed by atoms with Gasteiger partial charge in [0.2, 0.25) is 0 Å². The Balaban J connectivity index is 2.25. The highest BCUT2D eigenvalue weighted by Gasteiger charge is 2.12. The number of anilines is 1. The number of carbonyl (C=O) groups excluding carboxylic acids is 1. The Kier molecular flexibility index (Phi) is 3.25. The molecule has 0 aliphatic heterocycles. The first-order valence-electron chi connectivity index (χ1n) is 5.78. The van der Waals surface area contributed by atoms with Crippen LogP contribution in [0.4, 0.5) is 5.82 Å². The van der Waals surface area contributed by atoms with Crippen LogP contribution in [-0.2, 0) is 0 Å². The summed E-state index contributed by atoms with van der Waals surface area (Å²) in [5.74, 6) is -0.0355. The zero-order valence-corrected chi connectivity index (χ0v) is 10.8. The van der Waals surface area contributed by atoms with Gasteiger partial charge >= 0.3 is 0 Å². The quantitative estimate of drug-likeness (QED) is 0.859. The minimum Gasteiger partial charge on any atom is -0.383 e. The van der Waals surface area contributed by atoms with Crippen molar-refractivity contribution in [2.24, 2.45) is 0 Å². The van der Waals surface area contributed by atoms with Crippen molar-refractivity contribution in [2.45, 2.75) is 13.8 Å². The number of benzene rings is 1. The van der Waals surface area contributed by atoms with Crippen molar-refractivity contribution in [1.29, 1.82) is 5.26 Å². The molecule has 5 heteroatoms. The van der Waals surface area contributed by atoms with Crippen LogP contribution in [-0.4, -0.2) is 10.6 Å². The van der Waals surface area contributed by atoms with Gasteiger partial charge in [0, 0.05) is 11.8 Å². The molecule has 1 aromatic carbocycles. The summed E-state index contributed by atoms with van der Waals surface area (Å²) in [6.07, 6.45) is 1.62. The molecule has 19 heavy (non-hydrogen) atoms. The van der Waals surface area contributed by atoms with Crippen molar-refractivity contribution in [3.05, 3.63) is 52.7 Å². The number of amides is 1. The van der Waals surface area contributed by atoms with Gasteiger partial charge in [-0.15, -0.1) is 0 Å². The molecular formula is C14H14N4O. The number of hydrogen-bond donors (Lipinski definition) is 2. The van der Waals surface area contributed by atoms with Crippen molar-refractivity contribution in [3.8, 4) is 6.07 Å². The molecule has 0 saturated carbocycles. The first kappa shape index (κ1) is 12.7. The Labute approximate surface area is 111 Å². The van der Waals surface area contributed by atoms with E-state index in [2.05, 4.69) is 5.43 Å². The Hall–Kier alpha value is -2.74. The van der Waals surface area contributed by atoms with Crippen molar-refractivity contribution >= 4 is 11.7 Å². The van der Waals surface area contributed by atoms with Gasteiger partial charge in [0.25, 0.3) is 5.91 Å². The number of carbonyl (C=O) groups is 1. The highest BCUT2D eigenvalue weighted by atomic mass is 16.2. The molecular weight excluding hydrogens is 240 g/mol. The van der Waals surface area contributed by atoms with E-state index < -0.39 is 0 Å². The minimum atomic E-state index is -0.272. The van der Waals surface area contributed by atoms with E-state index in [1.807, 2.05) is 25.1 Å². The van der Waals surface area contributed by atoms with E-state index in [1.54, 1.807) is 25.3 Å². The van der Waals surface area contributed by atoms with Crippen LogP contribution in [0.5, 0.6) is 0 Å². The first-order valence-corrected chi connectivity index (χ1v) is 5.78. The van der Waals surface area contributed by atoms with Gasteiger partial charge in [-0.2, -0.15) is 5.26 Å². The second-order valence-electron chi connectivity index (χ2n) is 4.36. The van der Waals surface area contributed by atoms with Crippen LogP contribution < -0.4 is 11.2 Å². The zero-order chi connectivity index (χ0) is 14.0. The highest BCUT2D eigenvalue weighted by molar-refractivity contribution is 6.00. The van der Waals surface area contributed by atoms with Crippen molar-refractivity contribution in [2.75, 3.05) is 11.2 Å². The molecule has 2 rings (SSSR count). The smallest absolute Gasteiger partial charge is 0.270 e. The summed E-state index contributed by atoms with van der Waals surface area (Å²) in [5, 5.41) is 8.94. The van der Waals surface area contributed by atoms with Gasteiger partial charge < -0.3 is 5.73 Å². The summed E-state index contributed by atoms with van der Waals surface area (Å²) >= 11 is 0. The maximum Gasteiger partial charge on any atom is 0.270 e. The third kappa shape index (κ3) is 2.43. The molecule has 5 nitrogen and oxygen atoms in total. The van der Waals surface area contributed by atoms with E-state index in [-0.39, 0.29) is 11.7 Å². The molecule has 0 radical (unpaired) electrons. The summed E-state index contributed by atoms with van der Waals surface area (Å²) in [5.41, 5.74) is 11.2. The first-order chi connectivity index (χ1) is 9.02. The van der Waals surface area contributed by atoms with Gasteiger partial charge in [-0.05, 0) is 31.5 Å². The van der Waals surface area contributed by atoms with Crippen LogP contribution in [0.2, 0.25) is 0 Å². The topological polar surface area (TPSA) is 83.8 Å². The molecule has 0 saturated heterocycles. The maximum absolute atomic E-state index is 12.0. The maximum atomic E-state index is 12.0. The number of hydrogen-bond acceptors (Lipinski definition) is 3. The highest BCUT2D eigenvalue weighted by Crippen LogP contribution is 2.17. The predicted octanol–water partition coefficient (Wildman–Crippen LogP) is 1.94. The van der Waals surface area contributed by atoms with E-state index in [0.717, 1.165) is 11.1 Å². The lowest BCUT2D eigenvalue weighted by molar-refractivity contribution is 0.101.